The van der Waals surface area contributed by atoms with E-state index in [-0.39, 0.29) is 36.0 Å². The Hall–Kier alpha value is -4.18. The van der Waals surface area contributed by atoms with Crippen molar-refractivity contribution in [3.8, 4) is 0 Å². The third-order valence-corrected chi connectivity index (χ3v) is 13.6. The van der Waals surface area contributed by atoms with Crippen LogP contribution in [0.5, 0.6) is 0 Å². The van der Waals surface area contributed by atoms with Gasteiger partial charge in [-0.15, -0.1) is 23.5 Å². The molecule has 0 bridgehead atoms. The third-order valence-electron chi connectivity index (χ3n) is 11.6. The number of benzene rings is 2. The number of carbonyl (C=O) groups is 2. The number of aliphatic hydroxyl groups excluding tert-OH is 1. The Morgan fingerprint density at radius 3 is 1.43 bits per heavy atom. The highest BCUT2D eigenvalue weighted by atomic mass is 32.2. The predicted molar refractivity (Wildman–Crippen MR) is 253 cm³/mol. The van der Waals surface area contributed by atoms with E-state index < -0.39 is 0 Å². The number of rotatable bonds is 17. The largest absolute Gasteiger partial charge is 0.512 e. The molecular formula is C52H66N2O5S2. The number of ketones is 2. The lowest BCUT2D eigenvalue weighted by Crippen LogP contribution is -2.22. The molecular weight excluding hydrogens is 797 g/mol. The summed E-state index contributed by atoms with van der Waals surface area (Å²) in [5.74, 6) is 3.66. The summed E-state index contributed by atoms with van der Waals surface area (Å²) < 4.78 is 11.2. The molecule has 6 rings (SSSR count). The number of nitrogens with zero attached hydrogens (tertiary/aromatic N) is 2. The van der Waals surface area contributed by atoms with E-state index >= 15 is 0 Å². The zero-order valence-electron chi connectivity index (χ0n) is 37.9. The molecule has 2 heterocycles. The van der Waals surface area contributed by atoms with Crippen LogP contribution < -0.4 is 0 Å². The maximum Gasteiger partial charge on any atom is 0.188 e. The molecule has 0 spiro atoms. The van der Waals surface area contributed by atoms with Gasteiger partial charge in [-0.25, -0.2) is 9.97 Å². The Labute approximate surface area is 373 Å². The zero-order chi connectivity index (χ0) is 44.1. The fraction of sp³-hybridized carbons (Fsp3) is 0.462. The first-order valence-electron chi connectivity index (χ1n) is 22.1. The van der Waals surface area contributed by atoms with Gasteiger partial charge in [0.15, 0.2) is 18.4 Å². The van der Waals surface area contributed by atoms with Gasteiger partial charge in [-0.3, -0.25) is 9.59 Å². The average Bonchev–Trinajstić information content (AvgIpc) is 3.24. The molecule has 0 radical (unpaired) electrons. The second kappa shape index (κ2) is 23.3. The van der Waals surface area contributed by atoms with Crippen LogP contribution in [0.15, 0.2) is 82.5 Å². The molecule has 326 valence electrons. The summed E-state index contributed by atoms with van der Waals surface area (Å²) in [7, 11) is 1.62. The molecule has 61 heavy (non-hydrogen) atoms. The third kappa shape index (κ3) is 12.9. The van der Waals surface area contributed by atoms with Gasteiger partial charge in [-0.1, -0.05) is 75.2 Å². The lowest BCUT2D eigenvalue weighted by molar-refractivity contribution is -0.116. The molecule has 4 aromatic rings. The molecule has 2 aromatic carbocycles. The molecule has 2 atom stereocenters. The highest BCUT2D eigenvalue weighted by Gasteiger charge is 2.33. The minimum atomic E-state index is 0.0884. The molecule has 2 aliphatic carbocycles. The van der Waals surface area contributed by atoms with E-state index in [4.69, 9.17) is 9.47 Å². The van der Waals surface area contributed by atoms with Gasteiger partial charge in [0.1, 0.15) is 11.5 Å². The number of hydrogen-bond acceptors (Lipinski definition) is 9. The minimum Gasteiger partial charge on any atom is -0.512 e. The number of carbonyl (C=O) groups excluding carboxylic acids is 2. The van der Waals surface area contributed by atoms with Crippen molar-refractivity contribution in [2.24, 2.45) is 11.8 Å². The van der Waals surface area contributed by atoms with Crippen molar-refractivity contribution in [2.45, 2.75) is 130 Å². The fourth-order valence-corrected chi connectivity index (χ4v) is 10.4. The van der Waals surface area contributed by atoms with Crippen molar-refractivity contribution in [2.75, 3.05) is 25.4 Å². The van der Waals surface area contributed by atoms with E-state index in [1.54, 1.807) is 30.6 Å². The molecule has 2 unspecified atom stereocenters. The summed E-state index contributed by atoms with van der Waals surface area (Å²) in [5, 5.41) is 12.9. The van der Waals surface area contributed by atoms with Crippen molar-refractivity contribution in [1.29, 1.82) is 0 Å². The second-order valence-electron chi connectivity index (χ2n) is 16.5. The Kier molecular flexibility index (Phi) is 18.3. The first kappa shape index (κ1) is 47.9. The normalized spacial score (nSPS) is 16.8. The summed E-state index contributed by atoms with van der Waals surface area (Å²) >= 11 is 3.47. The minimum absolute atomic E-state index is 0.0884. The molecule has 0 amide bonds. The molecule has 1 N–H and O–H groups in total. The van der Waals surface area contributed by atoms with E-state index in [1.807, 2.05) is 32.3 Å². The van der Waals surface area contributed by atoms with Crippen molar-refractivity contribution in [1.82, 2.24) is 9.97 Å². The van der Waals surface area contributed by atoms with Gasteiger partial charge in [0.25, 0.3) is 0 Å². The summed E-state index contributed by atoms with van der Waals surface area (Å²) in [6, 6.07) is 17.0. The van der Waals surface area contributed by atoms with Crippen LogP contribution in [0.4, 0.5) is 0 Å². The Morgan fingerprint density at radius 2 is 1.03 bits per heavy atom. The summed E-state index contributed by atoms with van der Waals surface area (Å²) in [6.07, 6.45) is 11.6. The zero-order valence-corrected chi connectivity index (χ0v) is 39.5. The van der Waals surface area contributed by atoms with Gasteiger partial charge in [0, 0.05) is 45.2 Å². The lowest BCUT2D eigenvalue weighted by Gasteiger charge is -2.28. The Morgan fingerprint density at radius 1 is 0.607 bits per heavy atom. The number of ether oxygens (including phenoxy) is 2. The number of allylic oxidation sites excluding steroid dienone is 4. The highest BCUT2D eigenvalue weighted by molar-refractivity contribution is 7.99. The number of aromatic nitrogens is 2. The molecule has 9 heteroatoms. The van der Waals surface area contributed by atoms with Crippen LogP contribution in [0, 0.1) is 39.5 Å². The first-order chi connectivity index (χ1) is 29.4. The van der Waals surface area contributed by atoms with E-state index in [1.165, 1.54) is 27.8 Å². The van der Waals surface area contributed by atoms with Crippen molar-refractivity contribution >= 4 is 46.2 Å². The average molecular weight is 863 g/mol. The van der Waals surface area contributed by atoms with Gasteiger partial charge in [-0.05, 0) is 146 Å². The molecule has 2 aromatic heterocycles. The monoisotopic (exact) mass is 862 g/mol. The second-order valence-corrected chi connectivity index (χ2v) is 18.7. The standard InChI is InChI=1S/C27H35NO3S.C25H31NO2S/c1-6-21-12-19(4)13-22(7-2)26(21)27-23(29)14-20(15-24(27)31-17-30-5)10-11-32-25-9-8-18(3)16-28-25;1-5-19-11-17(4)12-20(6-2)24(19)25-21(27)13-18(14-22(25)28)9-10-29-23-8-7-16(3)15-26-23/h8-9,12-13,16,20H,6-7,10-11,14-15,17H2,1-5H3;7-8,11-12,15,18,27H,5-6,9-10,13-14H2,1-4H3. The predicted octanol–water partition coefficient (Wildman–Crippen LogP) is 12.6. The molecule has 0 fully saturated rings. The van der Waals surface area contributed by atoms with Gasteiger partial charge in [-0.2, -0.15) is 0 Å². The van der Waals surface area contributed by atoms with Crippen molar-refractivity contribution in [3.05, 3.63) is 128 Å². The quantitative estimate of drug-likeness (QED) is 0.0822. The van der Waals surface area contributed by atoms with Gasteiger partial charge < -0.3 is 14.6 Å². The number of thioether (sulfide) groups is 2. The number of methoxy groups -OCH3 is 1. The smallest absolute Gasteiger partial charge is 0.188 e. The maximum atomic E-state index is 13.5. The number of aryl methyl sites for hydroxylation is 8. The van der Waals surface area contributed by atoms with E-state index in [2.05, 4.69) is 94.0 Å². The number of Topliss-reactive ketones (excluding diaryl/α,β-unsaturated/α-hetero) is 2. The molecule has 0 saturated carbocycles. The number of pyridine rings is 2. The summed E-state index contributed by atoms with van der Waals surface area (Å²) in [6.45, 7) is 17.0. The highest BCUT2D eigenvalue weighted by Crippen LogP contribution is 2.40. The molecule has 2 aliphatic rings. The lowest BCUT2D eigenvalue weighted by atomic mass is 9.79. The van der Waals surface area contributed by atoms with Crippen molar-refractivity contribution < 1.29 is 24.2 Å². The van der Waals surface area contributed by atoms with Crippen LogP contribution in [-0.2, 0) is 44.7 Å². The Bertz CT molecular complexity index is 2140. The van der Waals surface area contributed by atoms with Crippen molar-refractivity contribution in [3.63, 3.8) is 0 Å². The Balaban J connectivity index is 0.000000232. The summed E-state index contributed by atoms with van der Waals surface area (Å²) in [5.41, 5.74) is 13.0. The van der Waals surface area contributed by atoms with Crippen LogP contribution in [0.3, 0.4) is 0 Å². The van der Waals surface area contributed by atoms with Gasteiger partial charge in [0.05, 0.1) is 21.2 Å². The topological polar surface area (TPSA) is 98.6 Å². The van der Waals surface area contributed by atoms with Gasteiger partial charge in [0.2, 0.25) is 0 Å². The van der Waals surface area contributed by atoms with Crippen LogP contribution >= 0.6 is 23.5 Å². The SMILES string of the molecule is CCc1cc(C)cc(CC)c1C1=C(O)CC(CCSc2ccc(C)cn2)CC1=O.CCc1cc(C)cc(CC)c1C1=C(OCOC)CC(CCSc2ccc(C)cn2)CC1=O. The summed E-state index contributed by atoms with van der Waals surface area (Å²) in [4.78, 5) is 35.4. The fourth-order valence-electron chi connectivity index (χ4n) is 8.54. The first-order valence-corrected chi connectivity index (χ1v) is 24.1. The van der Waals surface area contributed by atoms with Crippen LogP contribution in [0.1, 0.15) is 122 Å². The molecule has 0 saturated heterocycles. The van der Waals surface area contributed by atoms with Crippen LogP contribution in [0.2, 0.25) is 0 Å². The van der Waals surface area contributed by atoms with Crippen LogP contribution in [0.25, 0.3) is 11.1 Å². The van der Waals surface area contributed by atoms with E-state index in [0.29, 0.717) is 24.8 Å². The number of aliphatic hydroxyl groups is 1. The maximum absolute atomic E-state index is 13.5. The van der Waals surface area contributed by atoms with E-state index in [0.717, 1.165) is 106 Å². The molecule has 7 nitrogen and oxygen atoms in total. The van der Waals surface area contributed by atoms with E-state index in [9.17, 15) is 14.7 Å². The van der Waals surface area contributed by atoms with Crippen LogP contribution in [-0.4, -0.2) is 52.0 Å². The molecule has 0 aliphatic heterocycles. The number of hydrogen-bond donors (Lipinski definition) is 1. The van der Waals surface area contributed by atoms with Gasteiger partial charge >= 0.3 is 0 Å².